The van der Waals surface area contributed by atoms with Crippen LogP contribution in [0.3, 0.4) is 0 Å². The number of halogens is 2. The first-order valence-electron chi connectivity index (χ1n) is 13.3. The van der Waals surface area contributed by atoms with Crippen molar-refractivity contribution in [2.45, 2.75) is 58.4 Å². The summed E-state index contributed by atoms with van der Waals surface area (Å²) in [5.74, 6) is -0.420. The highest BCUT2D eigenvalue weighted by Crippen LogP contribution is 2.29. The maximum Gasteiger partial charge on any atom is 0.322 e. The second-order valence-corrected chi connectivity index (χ2v) is 10.1. The summed E-state index contributed by atoms with van der Waals surface area (Å²) in [5, 5.41) is 9.40. The SMILES string of the molecule is CC1(C)NC(=O)NC1=O.CCc1oc(C(NC=O)C(=O)NC)cc1/C=C\C(C)F.COc1ccc2c(c1F)C(=O)N(C)C2. The molecule has 2 aromatic rings. The number of nitrogens with zero attached hydrogens (tertiary/aromatic N) is 1. The third-order valence-corrected chi connectivity index (χ3v) is 6.35. The van der Waals surface area contributed by atoms with Gasteiger partial charge < -0.3 is 30.0 Å². The number of amides is 6. The van der Waals surface area contributed by atoms with Crippen molar-refractivity contribution >= 4 is 36.2 Å². The number of ether oxygens (including phenoxy) is 1. The van der Waals surface area contributed by atoms with E-state index < -0.39 is 29.6 Å². The standard InChI is InChI=1S/C14H19FN2O3.C10H10FNO2.C5H8N2O2/c1-4-11-10(6-5-9(2)15)7-12(20-11)13(17-8-18)14(19)16-3;1-12-5-6-3-4-7(14-2)9(11)8(6)10(12)13;1-5(2)3(8)6-4(9)7-5/h5-9,13H,4H2,1-3H3,(H,16,19)(H,17,18);3-4H,5H2,1-2H3;1-2H3,(H2,6,7,8,9)/b6-5-;;. The van der Waals surface area contributed by atoms with Crippen LogP contribution >= 0.6 is 0 Å². The lowest BCUT2D eigenvalue weighted by atomic mass is 10.1. The maximum atomic E-state index is 13.6. The summed E-state index contributed by atoms with van der Waals surface area (Å²) < 4.78 is 36.9. The number of aryl methyl sites for hydroxylation is 1. The minimum Gasteiger partial charge on any atom is -0.494 e. The Morgan fingerprint density at radius 1 is 1.28 bits per heavy atom. The molecule has 1 aromatic heterocycles. The maximum absolute atomic E-state index is 13.6. The molecular formula is C29H37F2N5O7. The van der Waals surface area contributed by atoms with Gasteiger partial charge in [-0.15, -0.1) is 0 Å². The normalized spacial score (nSPS) is 16.1. The van der Waals surface area contributed by atoms with Crippen molar-refractivity contribution < 1.29 is 41.9 Å². The van der Waals surface area contributed by atoms with Crippen molar-refractivity contribution in [3.63, 3.8) is 0 Å². The van der Waals surface area contributed by atoms with E-state index in [0.29, 0.717) is 36.5 Å². The number of hydrogen-bond donors (Lipinski definition) is 4. The lowest BCUT2D eigenvalue weighted by molar-refractivity contribution is -0.125. The summed E-state index contributed by atoms with van der Waals surface area (Å²) in [5.41, 5.74) is 0.841. The van der Waals surface area contributed by atoms with Gasteiger partial charge in [-0.25, -0.2) is 13.6 Å². The van der Waals surface area contributed by atoms with Crippen LogP contribution in [0, 0.1) is 5.82 Å². The average Bonchev–Trinajstić information content (AvgIpc) is 3.57. The highest BCUT2D eigenvalue weighted by molar-refractivity contribution is 6.06. The number of hydrogen-bond acceptors (Lipinski definition) is 7. The first-order chi connectivity index (χ1) is 20.2. The van der Waals surface area contributed by atoms with Gasteiger partial charge in [-0.2, -0.15) is 0 Å². The summed E-state index contributed by atoms with van der Waals surface area (Å²) in [6.45, 7) is 7.07. The smallest absolute Gasteiger partial charge is 0.322 e. The monoisotopic (exact) mass is 605 g/mol. The van der Waals surface area contributed by atoms with E-state index >= 15 is 0 Å². The lowest BCUT2D eigenvalue weighted by Crippen LogP contribution is -2.39. The van der Waals surface area contributed by atoms with Gasteiger partial charge in [-0.1, -0.05) is 25.1 Å². The molecule has 0 radical (unpaired) electrons. The molecule has 6 amide bonds. The number of furan rings is 1. The molecule has 1 aromatic carbocycles. The Kier molecular flexibility index (Phi) is 12.0. The van der Waals surface area contributed by atoms with E-state index in [0.717, 1.165) is 5.56 Å². The Bertz CT molecular complexity index is 1390. The lowest BCUT2D eigenvalue weighted by Gasteiger charge is -2.11. The molecule has 14 heteroatoms. The fourth-order valence-corrected chi connectivity index (χ4v) is 4.03. The van der Waals surface area contributed by atoms with E-state index in [1.54, 1.807) is 45.2 Å². The summed E-state index contributed by atoms with van der Waals surface area (Å²) in [6.07, 6.45) is 2.98. The van der Waals surface area contributed by atoms with Crippen LogP contribution in [0.15, 0.2) is 28.7 Å². The van der Waals surface area contributed by atoms with E-state index in [-0.39, 0.29) is 29.0 Å². The molecule has 4 N–H and O–H groups in total. The Balaban J connectivity index is 0.000000242. The Hall–Kier alpha value is -4.75. The molecule has 0 saturated carbocycles. The van der Waals surface area contributed by atoms with Gasteiger partial charge >= 0.3 is 6.03 Å². The number of imide groups is 1. The number of urea groups is 1. The highest BCUT2D eigenvalue weighted by Gasteiger charge is 2.37. The molecule has 0 aliphatic carbocycles. The molecule has 234 valence electrons. The number of rotatable bonds is 8. The number of alkyl halides is 1. The molecule has 0 spiro atoms. The fraction of sp³-hybridized carbons (Fsp3) is 0.414. The zero-order valence-electron chi connectivity index (χ0n) is 25.1. The fourth-order valence-electron chi connectivity index (χ4n) is 4.03. The number of benzene rings is 1. The predicted octanol–water partition coefficient (Wildman–Crippen LogP) is 2.77. The highest BCUT2D eigenvalue weighted by atomic mass is 19.1. The number of nitrogens with one attached hydrogen (secondary N) is 4. The van der Waals surface area contributed by atoms with Crippen LogP contribution < -0.4 is 26.0 Å². The number of allylic oxidation sites excluding steroid dienone is 1. The third-order valence-electron chi connectivity index (χ3n) is 6.35. The average molecular weight is 606 g/mol. The number of fused-ring (bicyclic) bond motifs is 1. The van der Waals surface area contributed by atoms with Crippen molar-refractivity contribution in [2.24, 2.45) is 0 Å². The molecule has 2 unspecified atom stereocenters. The van der Waals surface area contributed by atoms with Gasteiger partial charge in [0, 0.05) is 32.6 Å². The number of carbonyl (C=O) groups is 5. The molecule has 2 aliphatic heterocycles. The molecule has 1 fully saturated rings. The first kappa shape index (κ1) is 34.5. The van der Waals surface area contributed by atoms with Crippen LogP contribution in [0.2, 0.25) is 0 Å². The summed E-state index contributed by atoms with van der Waals surface area (Å²) >= 11 is 0. The quantitative estimate of drug-likeness (QED) is 0.266. The molecule has 1 saturated heterocycles. The van der Waals surface area contributed by atoms with Crippen LogP contribution in [0.4, 0.5) is 13.6 Å². The third kappa shape index (κ3) is 8.63. The Labute approximate surface area is 248 Å². The van der Waals surface area contributed by atoms with Crippen molar-refractivity contribution in [3.8, 4) is 5.75 Å². The van der Waals surface area contributed by atoms with Gasteiger partial charge in [-0.05, 0) is 38.5 Å². The van der Waals surface area contributed by atoms with Crippen LogP contribution in [-0.4, -0.2) is 68.0 Å². The second kappa shape index (κ2) is 14.9. The van der Waals surface area contributed by atoms with Crippen molar-refractivity contribution in [3.05, 3.63) is 58.3 Å². The zero-order chi connectivity index (χ0) is 32.5. The number of likely N-dealkylation sites (N-methyl/N-ethyl adjacent to an activating group) is 1. The summed E-state index contributed by atoms with van der Waals surface area (Å²) in [7, 11) is 4.50. The van der Waals surface area contributed by atoms with Crippen LogP contribution in [0.25, 0.3) is 6.08 Å². The van der Waals surface area contributed by atoms with E-state index in [9.17, 15) is 32.8 Å². The Morgan fingerprint density at radius 2 is 1.95 bits per heavy atom. The molecule has 4 rings (SSSR count). The first-order valence-corrected chi connectivity index (χ1v) is 13.3. The van der Waals surface area contributed by atoms with Gasteiger partial charge in [0.25, 0.3) is 11.8 Å². The topological polar surface area (TPSA) is 159 Å². The van der Waals surface area contributed by atoms with Crippen molar-refractivity contribution in [1.29, 1.82) is 0 Å². The minimum absolute atomic E-state index is 0.118. The molecule has 12 nitrogen and oxygen atoms in total. The number of methoxy groups -OCH3 is 1. The predicted molar refractivity (Wildman–Crippen MR) is 153 cm³/mol. The molecule has 2 aliphatic rings. The van der Waals surface area contributed by atoms with Crippen molar-refractivity contribution in [2.75, 3.05) is 21.2 Å². The summed E-state index contributed by atoms with van der Waals surface area (Å²) in [4.78, 5) is 56.4. The van der Waals surface area contributed by atoms with Gasteiger partial charge in [0.2, 0.25) is 12.3 Å². The van der Waals surface area contributed by atoms with Crippen LogP contribution in [-0.2, 0) is 27.3 Å². The van der Waals surface area contributed by atoms with Gasteiger partial charge in [-0.3, -0.25) is 24.5 Å². The molecule has 2 atom stereocenters. The van der Waals surface area contributed by atoms with Crippen molar-refractivity contribution in [1.82, 2.24) is 26.2 Å². The summed E-state index contributed by atoms with van der Waals surface area (Å²) in [6, 6.07) is 3.59. The van der Waals surface area contributed by atoms with Crippen LogP contribution in [0.5, 0.6) is 5.75 Å². The van der Waals surface area contributed by atoms with E-state index in [4.69, 9.17) is 9.15 Å². The second-order valence-electron chi connectivity index (χ2n) is 10.1. The van der Waals surface area contributed by atoms with E-state index in [1.807, 2.05) is 6.92 Å². The van der Waals surface area contributed by atoms with Gasteiger partial charge in [0.05, 0.1) is 12.7 Å². The zero-order valence-corrected chi connectivity index (χ0v) is 25.1. The molecular weight excluding hydrogens is 568 g/mol. The van der Waals surface area contributed by atoms with Gasteiger partial charge in [0.1, 0.15) is 23.2 Å². The van der Waals surface area contributed by atoms with Gasteiger partial charge in [0.15, 0.2) is 17.6 Å². The largest absolute Gasteiger partial charge is 0.494 e. The minimum atomic E-state index is -1.07. The van der Waals surface area contributed by atoms with E-state index in [2.05, 4.69) is 21.3 Å². The van der Waals surface area contributed by atoms with Crippen LogP contribution in [0.1, 0.15) is 66.7 Å². The van der Waals surface area contributed by atoms with E-state index in [1.165, 1.54) is 32.1 Å². The molecule has 3 heterocycles. The molecule has 0 bridgehead atoms. The number of carbonyl (C=O) groups excluding carboxylic acids is 5. The Morgan fingerprint density at radius 3 is 2.42 bits per heavy atom. The molecule has 43 heavy (non-hydrogen) atoms.